The number of aryl methyl sites for hydroxylation is 1. The molecule has 0 aliphatic rings. The maximum Gasteiger partial charge on any atom is 0.127 e. The van der Waals surface area contributed by atoms with Crippen molar-refractivity contribution in [2.75, 3.05) is 5.73 Å². The third-order valence-electron chi connectivity index (χ3n) is 3.72. The third kappa shape index (κ3) is 4.26. The van der Waals surface area contributed by atoms with Crippen LogP contribution in [0.1, 0.15) is 91.1 Å². The van der Waals surface area contributed by atoms with Crippen LogP contribution in [-0.4, -0.2) is 9.55 Å². The Kier molecular flexibility index (Phi) is 6.09. The van der Waals surface area contributed by atoms with Crippen LogP contribution in [0, 0.1) is 0 Å². The van der Waals surface area contributed by atoms with Crippen LogP contribution in [0.2, 0.25) is 0 Å². The summed E-state index contributed by atoms with van der Waals surface area (Å²) in [6.07, 6.45) is 7.45. The van der Waals surface area contributed by atoms with E-state index in [0.717, 1.165) is 23.8 Å². The van der Waals surface area contributed by atoms with Gasteiger partial charge in [0.15, 0.2) is 0 Å². The van der Waals surface area contributed by atoms with Gasteiger partial charge in [-0.1, -0.05) is 46.5 Å². The molecule has 0 aliphatic heterocycles. The summed E-state index contributed by atoms with van der Waals surface area (Å²) in [4.78, 5) is 4.83. The Morgan fingerprint density at radius 2 is 1.70 bits per heavy atom. The van der Waals surface area contributed by atoms with Crippen molar-refractivity contribution in [3.63, 3.8) is 0 Å². The van der Waals surface area contributed by atoms with Gasteiger partial charge in [0.2, 0.25) is 0 Å². The minimum absolute atomic E-state index is 0.00283. The largest absolute Gasteiger partial charge is 0.384 e. The smallest absolute Gasteiger partial charge is 0.127 e. The lowest BCUT2D eigenvalue weighted by Crippen LogP contribution is -2.26. The average Bonchev–Trinajstić information content (AvgIpc) is 2.66. The predicted molar refractivity (Wildman–Crippen MR) is 88.2 cm³/mol. The molecule has 3 nitrogen and oxygen atoms in total. The van der Waals surface area contributed by atoms with Gasteiger partial charge in [0.25, 0.3) is 0 Å². The number of hydrogen-bond donors (Lipinski definition) is 1. The molecular weight excluding hydrogens is 246 g/mol. The van der Waals surface area contributed by atoms with Gasteiger partial charge in [-0.25, -0.2) is 4.98 Å². The van der Waals surface area contributed by atoms with E-state index in [2.05, 4.69) is 46.1 Å². The SMILES string of the molecule is CCCCCCCc1nc(C(C)C)n(C(C)(C)C)c1N. The van der Waals surface area contributed by atoms with Crippen LogP contribution in [0.5, 0.6) is 0 Å². The fraction of sp³-hybridized carbons (Fsp3) is 0.824. The molecule has 2 N–H and O–H groups in total. The Bertz CT molecular complexity index is 411. The molecule has 0 spiro atoms. The number of hydrogen-bond acceptors (Lipinski definition) is 2. The zero-order chi connectivity index (χ0) is 15.3. The molecule has 0 bridgehead atoms. The van der Waals surface area contributed by atoms with Crippen molar-refractivity contribution < 1.29 is 0 Å². The van der Waals surface area contributed by atoms with Crippen LogP contribution in [0.25, 0.3) is 0 Å². The highest BCUT2D eigenvalue weighted by atomic mass is 15.2. The van der Waals surface area contributed by atoms with Crippen LogP contribution < -0.4 is 5.73 Å². The molecule has 0 radical (unpaired) electrons. The van der Waals surface area contributed by atoms with Gasteiger partial charge < -0.3 is 10.3 Å². The molecule has 20 heavy (non-hydrogen) atoms. The fourth-order valence-corrected chi connectivity index (χ4v) is 2.67. The molecular formula is C17H33N3. The van der Waals surface area contributed by atoms with E-state index < -0.39 is 0 Å². The first-order valence-corrected chi connectivity index (χ1v) is 8.16. The topological polar surface area (TPSA) is 43.8 Å². The van der Waals surface area contributed by atoms with E-state index in [0.29, 0.717) is 5.92 Å². The highest BCUT2D eigenvalue weighted by Gasteiger charge is 2.24. The Labute approximate surface area is 125 Å². The first-order valence-electron chi connectivity index (χ1n) is 8.16. The van der Waals surface area contributed by atoms with Crippen molar-refractivity contribution in [1.82, 2.24) is 9.55 Å². The van der Waals surface area contributed by atoms with E-state index in [1.54, 1.807) is 0 Å². The molecule has 0 atom stereocenters. The monoisotopic (exact) mass is 279 g/mol. The van der Waals surface area contributed by atoms with E-state index in [1.807, 2.05) is 0 Å². The lowest BCUT2D eigenvalue weighted by molar-refractivity contribution is 0.382. The van der Waals surface area contributed by atoms with Crippen LogP contribution in [-0.2, 0) is 12.0 Å². The van der Waals surface area contributed by atoms with Gasteiger partial charge in [-0.2, -0.15) is 0 Å². The Morgan fingerprint density at radius 3 is 2.15 bits per heavy atom. The number of nitrogens with zero attached hydrogens (tertiary/aromatic N) is 2. The summed E-state index contributed by atoms with van der Waals surface area (Å²) >= 11 is 0. The summed E-state index contributed by atoms with van der Waals surface area (Å²) in [5.74, 6) is 2.40. The van der Waals surface area contributed by atoms with Crippen LogP contribution in [0.15, 0.2) is 0 Å². The standard InChI is InChI=1S/C17H33N3/c1-7-8-9-10-11-12-14-15(18)20(17(4,5)6)16(19-14)13(2)3/h13H,7-12,18H2,1-6H3. The molecule has 0 aromatic carbocycles. The van der Waals surface area contributed by atoms with Crippen molar-refractivity contribution in [3.8, 4) is 0 Å². The summed E-state index contributed by atoms with van der Waals surface area (Å²) < 4.78 is 2.22. The van der Waals surface area contributed by atoms with Gasteiger partial charge in [-0.05, 0) is 33.6 Å². The zero-order valence-electron chi connectivity index (χ0n) is 14.3. The first-order chi connectivity index (χ1) is 9.29. The van der Waals surface area contributed by atoms with E-state index in [-0.39, 0.29) is 5.54 Å². The first kappa shape index (κ1) is 17.1. The Hall–Kier alpha value is -0.990. The van der Waals surface area contributed by atoms with Gasteiger partial charge in [0, 0.05) is 11.5 Å². The summed E-state index contributed by atoms with van der Waals surface area (Å²) in [6.45, 7) is 13.2. The summed E-state index contributed by atoms with van der Waals surface area (Å²) in [7, 11) is 0. The predicted octanol–water partition coefficient (Wildman–Crippen LogP) is 4.86. The Morgan fingerprint density at radius 1 is 1.10 bits per heavy atom. The quantitative estimate of drug-likeness (QED) is 0.725. The summed E-state index contributed by atoms with van der Waals surface area (Å²) in [5.41, 5.74) is 7.46. The molecule has 0 unspecified atom stereocenters. The lowest BCUT2D eigenvalue weighted by Gasteiger charge is -2.26. The molecule has 116 valence electrons. The van der Waals surface area contributed by atoms with E-state index in [4.69, 9.17) is 10.7 Å². The number of unbranched alkanes of at least 4 members (excludes halogenated alkanes) is 4. The molecule has 0 amide bonds. The van der Waals surface area contributed by atoms with Gasteiger partial charge in [-0.3, -0.25) is 0 Å². The zero-order valence-corrected chi connectivity index (χ0v) is 14.3. The second-order valence-electron chi connectivity index (χ2n) is 7.13. The molecule has 1 aromatic heterocycles. The molecule has 0 saturated heterocycles. The van der Waals surface area contributed by atoms with Crippen LogP contribution in [0.3, 0.4) is 0 Å². The van der Waals surface area contributed by atoms with Gasteiger partial charge in [0.1, 0.15) is 11.6 Å². The second kappa shape index (κ2) is 7.14. The Balaban J connectivity index is 2.83. The maximum absolute atomic E-state index is 6.37. The second-order valence-corrected chi connectivity index (χ2v) is 7.13. The van der Waals surface area contributed by atoms with Crippen LogP contribution >= 0.6 is 0 Å². The van der Waals surface area contributed by atoms with Gasteiger partial charge in [-0.15, -0.1) is 0 Å². The molecule has 1 heterocycles. The highest BCUT2D eigenvalue weighted by Crippen LogP contribution is 2.29. The average molecular weight is 279 g/mol. The maximum atomic E-state index is 6.37. The van der Waals surface area contributed by atoms with Crippen molar-refractivity contribution in [2.24, 2.45) is 0 Å². The minimum Gasteiger partial charge on any atom is -0.384 e. The molecule has 0 aliphatic carbocycles. The lowest BCUT2D eigenvalue weighted by atomic mass is 10.1. The minimum atomic E-state index is -0.00283. The summed E-state index contributed by atoms with van der Waals surface area (Å²) in [5, 5.41) is 0. The molecule has 0 fully saturated rings. The van der Waals surface area contributed by atoms with Crippen molar-refractivity contribution in [2.45, 2.75) is 91.5 Å². The third-order valence-corrected chi connectivity index (χ3v) is 3.72. The van der Waals surface area contributed by atoms with E-state index >= 15 is 0 Å². The van der Waals surface area contributed by atoms with Crippen molar-refractivity contribution in [3.05, 3.63) is 11.5 Å². The highest BCUT2D eigenvalue weighted by molar-refractivity contribution is 5.40. The fourth-order valence-electron chi connectivity index (χ4n) is 2.67. The normalized spacial score (nSPS) is 12.3. The summed E-state index contributed by atoms with van der Waals surface area (Å²) in [6, 6.07) is 0. The number of aromatic nitrogens is 2. The number of nitrogen functional groups attached to an aromatic ring is 1. The molecule has 1 rings (SSSR count). The van der Waals surface area contributed by atoms with Gasteiger partial charge in [0.05, 0.1) is 5.69 Å². The number of anilines is 1. The number of rotatable bonds is 7. The molecule has 3 heteroatoms. The van der Waals surface area contributed by atoms with Gasteiger partial charge >= 0.3 is 0 Å². The number of nitrogens with two attached hydrogens (primary N) is 1. The van der Waals surface area contributed by atoms with Crippen molar-refractivity contribution in [1.29, 1.82) is 0 Å². The van der Waals surface area contributed by atoms with Crippen LogP contribution in [0.4, 0.5) is 5.82 Å². The number of imidazole rings is 1. The molecule has 1 aromatic rings. The molecule has 0 saturated carbocycles. The van der Waals surface area contributed by atoms with E-state index in [9.17, 15) is 0 Å². The van der Waals surface area contributed by atoms with E-state index in [1.165, 1.54) is 32.1 Å². The van der Waals surface area contributed by atoms with Crippen molar-refractivity contribution >= 4 is 5.82 Å².